The molecule has 0 aliphatic rings. The molecule has 7 heteroatoms. The van der Waals surface area contributed by atoms with Crippen molar-refractivity contribution in [2.75, 3.05) is 26.6 Å². The van der Waals surface area contributed by atoms with Gasteiger partial charge in [-0.25, -0.2) is 4.79 Å². The molecular formula is C19H19NO6. The van der Waals surface area contributed by atoms with Crippen LogP contribution in [-0.4, -0.2) is 38.3 Å². The molecule has 2 rings (SSSR count). The van der Waals surface area contributed by atoms with Crippen molar-refractivity contribution in [2.45, 2.75) is 0 Å². The minimum Gasteiger partial charge on any atom is -0.493 e. The molecule has 0 fully saturated rings. The van der Waals surface area contributed by atoms with Crippen LogP contribution in [0.4, 0.5) is 5.69 Å². The third-order valence-electron chi connectivity index (χ3n) is 3.52. The first-order valence-corrected chi connectivity index (χ1v) is 7.61. The molecule has 0 spiro atoms. The normalized spacial score (nSPS) is 10.4. The van der Waals surface area contributed by atoms with E-state index >= 15 is 0 Å². The smallest absolute Gasteiger partial charge is 0.335 e. The Bertz CT molecular complexity index is 801. The SMILES string of the molecule is COc1cc(NC(=O)/C=C/c2ccc(C(=O)O)cc2)cc(OC)c1OC. The summed E-state index contributed by atoms with van der Waals surface area (Å²) in [6, 6.07) is 9.42. The third kappa shape index (κ3) is 4.54. The van der Waals surface area contributed by atoms with Crippen LogP contribution in [-0.2, 0) is 4.79 Å². The number of benzene rings is 2. The van der Waals surface area contributed by atoms with Gasteiger partial charge >= 0.3 is 5.97 Å². The maximum atomic E-state index is 12.1. The maximum absolute atomic E-state index is 12.1. The van der Waals surface area contributed by atoms with Gasteiger partial charge in [-0.05, 0) is 23.8 Å². The number of amides is 1. The minimum atomic E-state index is -0.999. The molecule has 136 valence electrons. The number of hydrogen-bond donors (Lipinski definition) is 2. The van der Waals surface area contributed by atoms with Crippen molar-refractivity contribution in [3.05, 3.63) is 53.6 Å². The minimum absolute atomic E-state index is 0.184. The number of carbonyl (C=O) groups is 2. The van der Waals surface area contributed by atoms with Crippen LogP contribution >= 0.6 is 0 Å². The summed E-state index contributed by atoms with van der Waals surface area (Å²) in [7, 11) is 4.48. The standard InChI is InChI=1S/C19H19NO6/c1-24-15-10-14(11-16(25-2)18(15)26-3)20-17(21)9-6-12-4-7-13(8-5-12)19(22)23/h4-11H,1-3H3,(H,20,21)(H,22,23)/b9-6+. The number of aromatic carboxylic acids is 1. The lowest BCUT2D eigenvalue weighted by atomic mass is 10.1. The van der Waals surface area contributed by atoms with Crippen LogP contribution < -0.4 is 19.5 Å². The number of ether oxygens (including phenoxy) is 3. The van der Waals surface area contributed by atoms with Crippen molar-refractivity contribution in [3.63, 3.8) is 0 Å². The Kier molecular flexibility index (Phi) is 6.21. The molecule has 0 aliphatic heterocycles. The number of carboxylic acid groups (broad SMARTS) is 1. The van der Waals surface area contributed by atoms with Gasteiger partial charge in [0, 0.05) is 23.9 Å². The average Bonchev–Trinajstić information content (AvgIpc) is 2.65. The van der Waals surface area contributed by atoms with Gasteiger partial charge in [-0.1, -0.05) is 12.1 Å². The summed E-state index contributed by atoms with van der Waals surface area (Å²) in [6.45, 7) is 0. The molecule has 1 amide bonds. The summed E-state index contributed by atoms with van der Waals surface area (Å²) in [4.78, 5) is 22.9. The van der Waals surface area contributed by atoms with Crippen LogP contribution in [0.15, 0.2) is 42.5 Å². The number of hydrogen-bond acceptors (Lipinski definition) is 5. The van der Waals surface area contributed by atoms with E-state index in [0.717, 1.165) is 0 Å². The molecule has 2 aromatic rings. The predicted octanol–water partition coefficient (Wildman–Crippen LogP) is 3.06. The zero-order valence-corrected chi connectivity index (χ0v) is 14.6. The average molecular weight is 357 g/mol. The highest BCUT2D eigenvalue weighted by molar-refractivity contribution is 6.02. The van der Waals surface area contributed by atoms with Crippen LogP contribution in [0.2, 0.25) is 0 Å². The Hall–Kier alpha value is -3.48. The summed E-state index contributed by atoms with van der Waals surface area (Å²) in [5.41, 5.74) is 1.37. The van der Waals surface area contributed by atoms with E-state index in [0.29, 0.717) is 28.5 Å². The van der Waals surface area contributed by atoms with Gasteiger partial charge < -0.3 is 24.6 Å². The number of rotatable bonds is 7. The Balaban J connectivity index is 2.13. The highest BCUT2D eigenvalue weighted by atomic mass is 16.5. The van der Waals surface area contributed by atoms with E-state index in [1.165, 1.54) is 39.5 Å². The number of carbonyl (C=O) groups excluding carboxylic acids is 1. The first-order chi connectivity index (χ1) is 12.5. The highest BCUT2D eigenvalue weighted by Gasteiger charge is 2.13. The van der Waals surface area contributed by atoms with Crippen molar-refractivity contribution >= 4 is 23.6 Å². The van der Waals surface area contributed by atoms with E-state index in [2.05, 4.69) is 5.32 Å². The van der Waals surface area contributed by atoms with Gasteiger partial charge in [0.05, 0.1) is 26.9 Å². The van der Waals surface area contributed by atoms with Crippen molar-refractivity contribution in [1.82, 2.24) is 0 Å². The second kappa shape index (κ2) is 8.57. The maximum Gasteiger partial charge on any atom is 0.335 e. The monoisotopic (exact) mass is 357 g/mol. The first-order valence-electron chi connectivity index (χ1n) is 7.61. The summed E-state index contributed by atoms with van der Waals surface area (Å²) in [6.07, 6.45) is 2.93. The number of nitrogens with one attached hydrogen (secondary N) is 1. The lowest BCUT2D eigenvalue weighted by Crippen LogP contribution is -2.08. The fraction of sp³-hybridized carbons (Fsp3) is 0.158. The molecule has 7 nitrogen and oxygen atoms in total. The zero-order valence-electron chi connectivity index (χ0n) is 14.6. The molecule has 26 heavy (non-hydrogen) atoms. The lowest BCUT2D eigenvalue weighted by molar-refractivity contribution is -0.111. The number of methoxy groups -OCH3 is 3. The van der Waals surface area contributed by atoms with Gasteiger partial charge in [0.2, 0.25) is 11.7 Å². The molecule has 0 aliphatic carbocycles. The van der Waals surface area contributed by atoms with Crippen molar-refractivity contribution in [2.24, 2.45) is 0 Å². The molecule has 0 radical (unpaired) electrons. The van der Waals surface area contributed by atoms with Crippen LogP contribution in [0.25, 0.3) is 6.08 Å². The van der Waals surface area contributed by atoms with E-state index in [-0.39, 0.29) is 11.5 Å². The quantitative estimate of drug-likeness (QED) is 0.740. The van der Waals surface area contributed by atoms with Crippen molar-refractivity contribution in [3.8, 4) is 17.2 Å². The van der Waals surface area contributed by atoms with Crippen LogP contribution in [0, 0.1) is 0 Å². The van der Waals surface area contributed by atoms with E-state index in [1.807, 2.05) is 0 Å². The van der Waals surface area contributed by atoms with Gasteiger partial charge in [0.25, 0.3) is 0 Å². The van der Waals surface area contributed by atoms with Crippen LogP contribution in [0.3, 0.4) is 0 Å². The third-order valence-corrected chi connectivity index (χ3v) is 3.52. The fourth-order valence-corrected chi connectivity index (χ4v) is 2.25. The number of carboxylic acids is 1. The van der Waals surface area contributed by atoms with E-state index in [1.54, 1.807) is 30.3 Å². The van der Waals surface area contributed by atoms with Gasteiger partial charge in [0.1, 0.15) is 0 Å². The molecule has 0 heterocycles. The Labute approximate surface area is 150 Å². The van der Waals surface area contributed by atoms with Crippen LogP contribution in [0.1, 0.15) is 15.9 Å². The van der Waals surface area contributed by atoms with E-state index in [9.17, 15) is 9.59 Å². The largest absolute Gasteiger partial charge is 0.493 e. The Morgan fingerprint density at radius 2 is 1.54 bits per heavy atom. The summed E-state index contributed by atoms with van der Waals surface area (Å²) in [5.74, 6) is -0.0740. The molecular weight excluding hydrogens is 338 g/mol. The summed E-state index contributed by atoms with van der Waals surface area (Å²) < 4.78 is 15.7. The molecule has 2 N–H and O–H groups in total. The Morgan fingerprint density at radius 3 is 2.00 bits per heavy atom. The molecule has 0 unspecified atom stereocenters. The highest BCUT2D eigenvalue weighted by Crippen LogP contribution is 2.39. The van der Waals surface area contributed by atoms with Crippen molar-refractivity contribution < 1.29 is 28.9 Å². The molecule has 0 saturated heterocycles. The molecule has 0 bridgehead atoms. The molecule has 0 atom stereocenters. The molecule has 0 aromatic heterocycles. The van der Waals surface area contributed by atoms with Crippen molar-refractivity contribution in [1.29, 1.82) is 0 Å². The zero-order chi connectivity index (χ0) is 19.1. The van der Waals surface area contributed by atoms with E-state index in [4.69, 9.17) is 19.3 Å². The topological polar surface area (TPSA) is 94.1 Å². The predicted molar refractivity (Wildman–Crippen MR) is 97.2 cm³/mol. The first kappa shape index (κ1) is 18.9. The summed E-state index contributed by atoms with van der Waals surface area (Å²) in [5, 5.41) is 11.6. The Morgan fingerprint density at radius 1 is 0.962 bits per heavy atom. The van der Waals surface area contributed by atoms with Gasteiger partial charge in [-0.15, -0.1) is 0 Å². The molecule has 0 saturated carbocycles. The van der Waals surface area contributed by atoms with Gasteiger partial charge in [-0.2, -0.15) is 0 Å². The second-order valence-corrected chi connectivity index (χ2v) is 5.16. The van der Waals surface area contributed by atoms with Gasteiger partial charge in [0.15, 0.2) is 11.5 Å². The lowest BCUT2D eigenvalue weighted by Gasteiger charge is -2.14. The second-order valence-electron chi connectivity index (χ2n) is 5.16. The number of anilines is 1. The van der Waals surface area contributed by atoms with Crippen LogP contribution in [0.5, 0.6) is 17.2 Å². The van der Waals surface area contributed by atoms with Gasteiger partial charge in [-0.3, -0.25) is 4.79 Å². The fourth-order valence-electron chi connectivity index (χ4n) is 2.25. The van der Waals surface area contributed by atoms with E-state index < -0.39 is 5.97 Å². The molecule has 2 aromatic carbocycles. The summed E-state index contributed by atoms with van der Waals surface area (Å²) >= 11 is 0.